The standard InChI is InChI=1S/C18H11ClN2O5S/c1-25-13-4-8(3-12(19)15(13)22)11-7-20-6-9-2-10(26-16(9)11)5-14-17(23)21-18(24)27-14/h2-7,22H,1H3,(H,21,23,24)/b14-5+. The fourth-order valence-corrected chi connectivity index (χ4v) is 3.57. The number of ether oxygens (including phenoxy) is 1. The van der Waals surface area contributed by atoms with Gasteiger partial charge in [-0.2, -0.15) is 0 Å². The van der Waals surface area contributed by atoms with E-state index < -0.39 is 11.1 Å². The molecule has 7 nitrogen and oxygen atoms in total. The Labute approximate surface area is 162 Å². The minimum absolute atomic E-state index is 0.132. The summed E-state index contributed by atoms with van der Waals surface area (Å²) < 4.78 is 11.0. The van der Waals surface area contributed by atoms with Gasteiger partial charge in [-0.1, -0.05) is 11.6 Å². The zero-order valence-electron chi connectivity index (χ0n) is 13.8. The summed E-state index contributed by atoms with van der Waals surface area (Å²) in [6, 6.07) is 4.92. The predicted octanol–water partition coefficient (Wildman–Crippen LogP) is 4.19. The monoisotopic (exact) mass is 402 g/mol. The summed E-state index contributed by atoms with van der Waals surface area (Å²) in [5, 5.41) is 12.5. The first-order valence-electron chi connectivity index (χ1n) is 7.65. The molecule has 27 heavy (non-hydrogen) atoms. The number of phenolic OH excluding ortho intramolecular Hbond substituents is 1. The van der Waals surface area contributed by atoms with Gasteiger partial charge in [0, 0.05) is 29.4 Å². The van der Waals surface area contributed by atoms with Gasteiger partial charge >= 0.3 is 0 Å². The molecule has 0 spiro atoms. The molecule has 0 unspecified atom stereocenters. The quantitative estimate of drug-likeness (QED) is 0.633. The smallest absolute Gasteiger partial charge is 0.290 e. The Hall–Kier alpha value is -2.97. The number of imide groups is 1. The maximum Gasteiger partial charge on any atom is 0.290 e. The first-order chi connectivity index (χ1) is 13.0. The van der Waals surface area contributed by atoms with Crippen LogP contribution in [0.5, 0.6) is 11.5 Å². The van der Waals surface area contributed by atoms with Crippen LogP contribution in [0.15, 0.2) is 39.9 Å². The molecule has 0 saturated carbocycles. The Bertz CT molecular complexity index is 1140. The van der Waals surface area contributed by atoms with Crippen LogP contribution in [0.2, 0.25) is 5.02 Å². The summed E-state index contributed by atoms with van der Waals surface area (Å²) in [6.45, 7) is 0. The first kappa shape index (κ1) is 17.4. The highest BCUT2D eigenvalue weighted by Gasteiger charge is 2.25. The van der Waals surface area contributed by atoms with Crippen LogP contribution in [0.4, 0.5) is 4.79 Å². The van der Waals surface area contributed by atoms with Gasteiger partial charge in [0.25, 0.3) is 11.1 Å². The maximum absolute atomic E-state index is 11.7. The minimum atomic E-state index is -0.459. The molecule has 1 aliphatic rings. The van der Waals surface area contributed by atoms with Crippen molar-refractivity contribution in [3.8, 4) is 22.6 Å². The number of pyridine rings is 1. The number of fused-ring (bicyclic) bond motifs is 1. The third-order valence-corrected chi connectivity index (χ3v) is 5.02. The van der Waals surface area contributed by atoms with Crippen molar-refractivity contribution in [1.82, 2.24) is 10.3 Å². The molecule has 1 saturated heterocycles. The number of amides is 2. The number of phenols is 1. The Kier molecular flexibility index (Phi) is 4.29. The lowest BCUT2D eigenvalue weighted by atomic mass is 10.1. The van der Waals surface area contributed by atoms with Crippen LogP contribution in [0.1, 0.15) is 5.76 Å². The molecule has 1 aliphatic heterocycles. The summed E-state index contributed by atoms with van der Waals surface area (Å²) in [4.78, 5) is 27.5. The molecule has 9 heteroatoms. The number of thioether (sulfide) groups is 1. The van der Waals surface area contributed by atoms with Crippen molar-refractivity contribution in [2.45, 2.75) is 0 Å². The van der Waals surface area contributed by atoms with E-state index in [1.807, 2.05) is 0 Å². The molecule has 1 fully saturated rings. The number of carbonyl (C=O) groups is 2. The lowest BCUT2D eigenvalue weighted by molar-refractivity contribution is -0.115. The van der Waals surface area contributed by atoms with Gasteiger partial charge in [-0.3, -0.25) is 19.9 Å². The van der Waals surface area contributed by atoms with Crippen LogP contribution in [0.3, 0.4) is 0 Å². The second-order valence-corrected chi connectivity index (χ2v) is 7.04. The summed E-state index contributed by atoms with van der Waals surface area (Å²) >= 11 is 6.89. The van der Waals surface area contributed by atoms with E-state index in [-0.39, 0.29) is 21.4 Å². The Morgan fingerprint density at radius 2 is 2.11 bits per heavy atom. The van der Waals surface area contributed by atoms with E-state index in [0.29, 0.717) is 27.9 Å². The zero-order chi connectivity index (χ0) is 19.1. The molecule has 136 valence electrons. The number of carbonyl (C=O) groups excluding carboxylic acids is 2. The van der Waals surface area contributed by atoms with Crippen molar-refractivity contribution in [3.05, 3.63) is 46.3 Å². The molecule has 0 radical (unpaired) electrons. The van der Waals surface area contributed by atoms with Crippen molar-refractivity contribution in [1.29, 1.82) is 0 Å². The molecule has 2 aromatic heterocycles. The topological polar surface area (TPSA) is 102 Å². The molecule has 0 aliphatic carbocycles. The van der Waals surface area contributed by atoms with Gasteiger partial charge in [0.1, 0.15) is 11.3 Å². The molecular weight excluding hydrogens is 392 g/mol. The fourth-order valence-electron chi connectivity index (χ4n) is 2.69. The number of nitrogens with one attached hydrogen (secondary N) is 1. The van der Waals surface area contributed by atoms with Gasteiger partial charge in [0.05, 0.1) is 17.0 Å². The number of aromatic hydroxyl groups is 1. The largest absolute Gasteiger partial charge is 0.503 e. The summed E-state index contributed by atoms with van der Waals surface area (Å²) in [7, 11) is 1.43. The number of halogens is 1. The summed E-state index contributed by atoms with van der Waals surface area (Å²) in [5.41, 5.74) is 1.80. The van der Waals surface area contributed by atoms with Crippen LogP contribution in [-0.4, -0.2) is 28.3 Å². The van der Waals surface area contributed by atoms with Crippen LogP contribution in [-0.2, 0) is 4.79 Å². The minimum Gasteiger partial charge on any atom is -0.503 e. The number of furan rings is 1. The number of benzene rings is 1. The van der Waals surface area contributed by atoms with Crippen LogP contribution >= 0.6 is 23.4 Å². The van der Waals surface area contributed by atoms with Gasteiger partial charge in [-0.25, -0.2) is 0 Å². The van der Waals surface area contributed by atoms with E-state index in [4.69, 9.17) is 20.8 Å². The van der Waals surface area contributed by atoms with E-state index in [2.05, 4.69) is 10.3 Å². The Morgan fingerprint density at radius 1 is 1.30 bits per heavy atom. The van der Waals surface area contributed by atoms with Crippen molar-refractivity contribution < 1.29 is 23.8 Å². The van der Waals surface area contributed by atoms with Gasteiger partial charge in [-0.05, 0) is 35.5 Å². The average Bonchev–Trinajstić information content (AvgIpc) is 3.19. The van der Waals surface area contributed by atoms with E-state index in [0.717, 1.165) is 11.8 Å². The number of hydrogen-bond donors (Lipinski definition) is 2. The maximum atomic E-state index is 11.7. The number of methoxy groups -OCH3 is 1. The molecule has 2 amide bonds. The molecule has 1 aromatic carbocycles. The van der Waals surface area contributed by atoms with Gasteiger partial charge in [0.2, 0.25) is 0 Å². The summed E-state index contributed by atoms with van der Waals surface area (Å²) in [6.07, 6.45) is 4.72. The molecule has 3 heterocycles. The zero-order valence-corrected chi connectivity index (χ0v) is 15.4. The molecule has 2 N–H and O–H groups in total. The molecule has 0 atom stereocenters. The van der Waals surface area contributed by atoms with Gasteiger partial charge in [-0.15, -0.1) is 0 Å². The Morgan fingerprint density at radius 3 is 2.81 bits per heavy atom. The SMILES string of the molecule is COc1cc(-c2cncc3cc(/C=C4/SC(=O)NC4=O)oc23)cc(Cl)c1O. The molecular formula is C18H11ClN2O5S. The fraction of sp³-hybridized carbons (Fsp3) is 0.0556. The van der Waals surface area contributed by atoms with Crippen LogP contribution in [0, 0.1) is 0 Å². The number of aromatic nitrogens is 1. The Balaban J connectivity index is 1.83. The second kappa shape index (κ2) is 6.64. The first-order valence-corrected chi connectivity index (χ1v) is 8.85. The van der Waals surface area contributed by atoms with Crippen molar-refractivity contribution in [2.75, 3.05) is 7.11 Å². The molecule has 3 aromatic rings. The average molecular weight is 403 g/mol. The highest BCUT2D eigenvalue weighted by atomic mass is 35.5. The lowest BCUT2D eigenvalue weighted by Crippen LogP contribution is -2.17. The van der Waals surface area contributed by atoms with Crippen molar-refractivity contribution in [2.24, 2.45) is 0 Å². The summed E-state index contributed by atoms with van der Waals surface area (Å²) in [5.74, 6) is 0.0186. The van der Waals surface area contributed by atoms with Crippen molar-refractivity contribution in [3.63, 3.8) is 0 Å². The van der Waals surface area contributed by atoms with E-state index >= 15 is 0 Å². The number of nitrogens with zero attached hydrogens (tertiary/aromatic N) is 1. The lowest BCUT2D eigenvalue weighted by Gasteiger charge is -2.09. The van der Waals surface area contributed by atoms with Gasteiger partial charge < -0.3 is 14.3 Å². The van der Waals surface area contributed by atoms with E-state index in [1.54, 1.807) is 30.6 Å². The number of hydrogen-bond acceptors (Lipinski definition) is 7. The van der Waals surface area contributed by atoms with Crippen LogP contribution < -0.4 is 10.1 Å². The molecule has 4 rings (SSSR count). The third-order valence-electron chi connectivity index (χ3n) is 3.92. The van der Waals surface area contributed by atoms with Crippen molar-refractivity contribution >= 4 is 51.6 Å². The highest BCUT2D eigenvalue weighted by Crippen LogP contribution is 2.40. The van der Waals surface area contributed by atoms with Gasteiger partial charge in [0.15, 0.2) is 11.5 Å². The third kappa shape index (κ3) is 3.13. The predicted molar refractivity (Wildman–Crippen MR) is 102 cm³/mol. The van der Waals surface area contributed by atoms with E-state index in [1.165, 1.54) is 13.2 Å². The van der Waals surface area contributed by atoms with E-state index in [9.17, 15) is 14.7 Å². The van der Waals surface area contributed by atoms with Crippen LogP contribution in [0.25, 0.3) is 28.2 Å². The second-order valence-electron chi connectivity index (χ2n) is 5.62. The normalized spacial score (nSPS) is 15.6. The highest BCUT2D eigenvalue weighted by molar-refractivity contribution is 8.18. The number of rotatable bonds is 3. The molecule has 0 bridgehead atoms.